The second-order valence-electron chi connectivity index (χ2n) is 8.67. The molecule has 0 aromatic heterocycles. The molecule has 1 aliphatic carbocycles. The molecule has 1 aromatic rings. The van der Waals surface area contributed by atoms with Crippen LogP contribution in [0.2, 0.25) is 0 Å². The maximum Gasteiger partial charge on any atom is 0.335 e. The molecule has 1 saturated carbocycles. The van der Waals surface area contributed by atoms with Gasteiger partial charge in [-0.2, -0.15) is 0 Å². The van der Waals surface area contributed by atoms with Crippen molar-refractivity contribution in [2.45, 2.75) is 70.6 Å². The number of carbonyl (C=O) groups is 1. The average molecular weight is 352 g/mol. The van der Waals surface area contributed by atoms with E-state index in [0.29, 0.717) is 11.5 Å². The van der Waals surface area contributed by atoms with Gasteiger partial charge in [-0.05, 0) is 62.1 Å². The second-order valence-corrected chi connectivity index (χ2v) is 10.7. The highest BCUT2D eigenvalue weighted by atomic mass is 32.2. The lowest BCUT2D eigenvalue weighted by Crippen LogP contribution is -2.42. The Morgan fingerprint density at radius 3 is 2.25 bits per heavy atom. The highest BCUT2D eigenvalue weighted by molar-refractivity contribution is 7.90. The Bertz CT molecular complexity index is 612. The van der Waals surface area contributed by atoms with Gasteiger partial charge >= 0.3 is 5.97 Å². The Morgan fingerprint density at radius 1 is 1.25 bits per heavy atom. The Labute approximate surface area is 148 Å². The van der Waals surface area contributed by atoms with Crippen LogP contribution in [0.3, 0.4) is 0 Å². The van der Waals surface area contributed by atoms with Crippen LogP contribution in [0.1, 0.15) is 81.9 Å². The standard InChI is InChI=1S/C19H29NO3S/c1-18(2,3)15-11-13(9-10-14(15)17(21)22)16(12-7-8-12)20-24(23)19(4,5)6/h9-12,16,20H,7-8H2,1-6H3,(H,21,22)/t16-,24?/m0/s1. The third-order valence-corrected chi connectivity index (χ3v) is 5.91. The SMILES string of the molecule is CC(C)(C)c1cc([C@@H](N[S+]([O-])C(C)(C)C)C2CC2)ccc1C(=O)O. The van der Waals surface area contributed by atoms with Crippen LogP contribution < -0.4 is 4.72 Å². The second kappa shape index (κ2) is 6.70. The minimum absolute atomic E-state index is 0.00834. The fourth-order valence-electron chi connectivity index (χ4n) is 2.72. The molecule has 0 saturated heterocycles. The number of rotatable bonds is 5. The van der Waals surface area contributed by atoms with E-state index in [1.807, 2.05) is 53.7 Å². The Kier molecular flexibility index (Phi) is 5.38. The van der Waals surface area contributed by atoms with Crippen LogP contribution in [0.25, 0.3) is 0 Å². The monoisotopic (exact) mass is 351 g/mol. The summed E-state index contributed by atoms with van der Waals surface area (Å²) in [4.78, 5) is 11.5. The molecule has 0 aliphatic heterocycles. The fraction of sp³-hybridized carbons (Fsp3) is 0.632. The van der Waals surface area contributed by atoms with Crippen LogP contribution in [0, 0.1) is 5.92 Å². The van der Waals surface area contributed by atoms with Crippen molar-refractivity contribution in [3.05, 3.63) is 34.9 Å². The molecule has 2 atom stereocenters. The van der Waals surface area contributed by atoms with Crippen LogP contribution in [0.5, 0.6) is 0 Å². The first-order valence-corrected chi connectivity index (χ1v) is 9.62. The molecule has 0 radical (unpaired) electrons. The van der Waals surface area contributed by atoms with Crippen molar-refractivity contribution in [3.8, 4) is 0 Å². The molecule has 2 rings (SSSR count). The van der Waals surface area contributed by atoms with Gasteiger partial charge in [0.1, 0.15) is 4.75 Å². The minimum atomic E-state index is -1.16. The molecule has 1 unspecified atom stereocenters. The van der Waals surface area contributed by atoms with E-state index in [1.165, 1.54) is 0 Å². The van der Waals surface area contributed by atoms with E-state index >= 15 is 0 Å². The third-order valence-electron chi connectivity index (χ3n) is 4.32. The maximum atomic E-state index is 12.5. The predicted molar refractivity (Wildman–Crippen MR) is 98.6 cm³/mol. The van der Waals surface area contributed by atoms with Crippen LogP contribution >= 0.6 is 0 Å². The molecule has 1 aromatic carbocycles. The van der Waals surface area contributed by atoms with Crippen LogP contribution in [-0.2, 0) is 16.8 Å². The molecule has 1 aliphatic rings. The number of benzene rings is 1. The van der Waals surface area contributed by atoms with Crippen molar-refractivity contribution < 1.29 is 14.5 Å². The number of carboxylic acid groups (broad SMARTS) is 1. The molecule has 0 spiro atoms. The first kappa shape index (κ1) is 19.3. The van der Waals surface area contributed by atoms with Crippen molar-refractivity contribution in [1.82, 2.24) is 4.72 Å². The summed E-state index contributed by atoms with van der Waals surface area (Å²) in [5, 5.41) is 9.47. The van der Waals surface area contributed by atoms with Gasteiger partial charge in [-0.25, -0.2) is 4.79 Å². The van der Waals surface area contributed by atoms with Crippen molar-refractivity contribution in [1.29, 1.82) is 0 Å². The normalized spacial score (nSPS) is 18.3. The van der Waals surface area contributed by atoms with Crippen molar-refractivity contribution >= 4 is 17.3 Å². The van der Waals surface area contributed by atoms with Crippen LogP contribution in [0.15, 0.2) is 18.2 Å². The van der Waals surface area contributed by atoms with Crippen molar-refractivity contribution in [2.75, 3.05) is 0 Å². The van der Waals surface area contributed by atoms with E-state index in [-0.39, 0.29) is 16.2 Å². The summed E-state index contributed by atoms with van der Waals surface area (Å²) < 4.78 is 15.5. The van der Waals surface area contributed by atoms with E-state index in [9.17, 15) is 14.5 Å². The maximum absolute atomic E-state index is 12.5. The zero-order chi connectivity index (χ0) is 18.3. The topological polar surface area (TPSA) is 72.4 Å². The number of aromatic carboxylic acids is 1. The molecule has 5 heteroatoms. The van der Waals surface area contributed by atoms with Gasteiger partial charge in [-0.1, -0.05) is 32.9 Å². The molecule has 0 amide bonds. The van der Waals surface area contributed by atoms with Crippen molar-refractivity contribution in [2.24, 2.45) is 5.92 Å². The summed E-state index contributed by atoms with van der Waals surface area (Å²) in [7, 11) is 0. The van der Waals surface area contributed by atoms with E-state index in [4.69, 9.17) is 0 Å². The lowest BCUT2D eigenvalue weighted by atomic mass is 9.82. The summed E-state index contributed by atoms with van der Waals surface area (Å²) >= 11 is -1.16. The van der Waals surface area contributed by atoms with Gasteiger partial charge in [0.15, 0.2) is 0 Å². The van der Waals surface area contributed by atoms with E-state index in [2.05, 4.69) is 4.72 Å². The summed E-state index contributed by atoms with van der Waals surface area (Å²) in [5.41, 5.74) is 1.94. The largest absolute Gasteiger partial charge is 0.598 e. The Hall–Kier alpha value is -1.04. The Morgan fingerprint density at radius 2 is 1.83 bits per heavy atom. The first-order valence-electron chi connectivity index (χ1n) is 8.47. The zero-order valence-corrected chi connectivity index (χ0v) is 16.3. The number of hydrogen-bond acceptors (Lipinski definition) is 3. The van der Waals surface area contributed by atoms with Gasteiger partial charge in [0.2, 0.25) is 0 Å². The predicted octanol–water partition coefficient (Wildman–Crippen LogP) is 4.19. The molecular weight excluding hydrogens is 322 g/mol. The van der Waals surface area contributed by atoms with Gasteiger partial charge in [-0.3, -0.25) is 0 Å². The molecule has 134 valence electrons. The summed E-state index contributed by atoms with van der Waals surface area (Å²) in [6.07, 6.45) is 2.23. The molecule has 0 bridgehead atoms. The first-order chi connectivity index (χ1) is 10.9. The lowest BCUT2D eigenvalue weighted by Gasteiger charge is -2.29. The summed E-state index contributed by atoms with van der Waals surface area (Å²) in [6.45, 7) is 11.9. The zero-order valence-electron chi connectivity index (χ0n) is 15.5. The molecule has 2 N–H and O–H groups in total. The number of carboxylic acids is 1. The van der Waals surface area contributed by atoms with E-state index < -0.39 is 17.3 Å². The van der Waals surface area contributed by atoms with E-state index in [1.54, 1.807) is 6.07 Å². The van der Waals surface area contributed by atoms with Crippen LogP contribution in [-0.4, -0.2) is 20.4 Å². The lowest BCUT2D eigenvalue weighted by molar-refractivity contribution is 0.0694. The highest BCUT2D eigenvalue weighted by Crippen LogP contribution is 2.43. The van der Waals surface area contributed by atoms with Gasteiger partial charge in [0.05, 0.1) is 11.6 Å². The summed E-state index contributed by atoms with van der Waals surface area (Å²) in [6, 6.07) is 5.55. The third kappa shape index (κ3) is 4.52. The minimum Gasteiger partial charge on any atom is -0.598 e. The average Bonchev–Trinajstić information content (AvgIpc) is 3.26. The fourth-order valence-corrected chi connectivity index (χ4v) is 3.63. The molecule has 0 heterocycles. The molecule has 24 heavy (non-hydrogen) atoms. The molecular formula is C19H29NO3S. The van der Waals surface area contributed by atoms with Crippen molar-refractivity contribution in [3.63, 3.8) is 0 Å². The quantitative estimate of drug-likeness (QED) is 0.780. The molecule has 4 nitrogen and oxygen atoms in total. The smallest absolute Gasteiger partial charge is 0.335 e. The van der Waals surface area contributed by atoms with Gasteiger partial charge in [-0.15, -0.1) is 4.72 Å². The molecule has 1 fully saturated rings. The van der Waals surface area contributed by atoms with Gasteiger partial charge in [0, 0.05) is 11.4 Å². The highest BCUT2D eigenvalue weighted by Gasteiger charge is 2.39. The summed E-state index contributed by atoms with van der Waals surface area (Å²) in [5.74, 6) is -0.430. The number of nitrogens with one attached hydrogen (secondary N) is 1. The van der Waals surface area contributed by atoms with Gasteiger partial charge in [0.25, 0.3) is 0 Å². The number of hydrogen-bond donors (Lipinski definition) is 2. The Balaban J connectivity index is 2.39. The van der Waals surface area contributed by atoms with E-state index in [0.717, 1.165) is 24.0 Å². The van der Waals surface area contributed by atoms with Gasteiger partial charge < -0.3 is 9.66 Å². The van der Waals surface area contributed by atoms with Crippen LogP contribution in [0.4, 0.5) is 0 Å².